The number of hydrogen-bond donors (Lipinski definition) is 1. The van der Waals surface area contributed by atoms with Crippen LogP contribution >= 0.6 is 11.3 Å². The number of carbonyl (C=O) groups is 1. The average Bonchev–Trinajstić information content (AvgIpc) is 3.47. The van der Waals surface area contributed by atoms with Crippen molar-refractivity contribution >= 4 is 38.8 Å². The van der Waals surface area contributed by atoms with Gasteiger partial charge in [0, 0.05) is 28.9 Å². The lowest BCUT2D eigenvalue weighted by atomic mass is 10.1. The summed E-state index contributed by atoms with van der Waals surface area (Å²) < 4.78 is 6.74. The fourth-order valence-corrected chi connectivity index (χ4v) is 4.24. The minimum atomic E-state index is -0.474. The van der Waals surface area contributed by atoms with Gasteiger partial charge in [-0.15, -0.1) is 11.3 Å². The number of anilines is 1. The van der Waals surface area contributed by atoms with Gasteiger partial charge in [-0.1, -0.05) is 24.3 Å². The van der Waals surface area contributed by atoms with Gasteiger partial charge in [0.25, 0.3) is 11.6 Å². The minimum absolute atomic E-state index is 0.0434. The van der Waals surface area contributed by atoms with E-state index in [4.69, 9.17) is 4.42 Å². The molecule has 0 fully saturated rings. The summed E-state index contributed by atoms with van der Waals surface area (Å²) >= 11 is 1.61. The van der Waals surface area contributed by atoms with Gasteiger partial charge < -0.3 is 9.73 Å². The lowest BCUT2D eigenvalue weighted by molar-refractivity contribution is -0.384. The van der Waals surface area contributed by atoms with Crippen LogP contribution in [0.25, 0.3) is 32.1 Å². The number of nitrogens with zero attached hydrogens (tertiary/aromatic N) is 2. The van der Waals surface area contributed by atoms with Crippen LogP contribution in [-0.4, -0.2) is 15.8 Å². The molecule has 1 amide bonds. The monoisotopic (exact) mass is 441 g/mol. The summed E-state index contributed by atoms with van der Waals surface area (Å²) in [4.78, 5) is 27.7. The molecule has 5 rings (SSSR count). The van der Waals surface area contributed by atoms with Gasteiger partial charge >= 0.3 is 0 Å². The van der Waals surface area contributed by atoms with E-state index in [9.17, 15) is 14.9 Å². The number of para-hydroxylation sites is 1. The van der Waals surface area contributed by atoms with Gasteiger partial charge in [0.05, 0.1) is 15.1 Å². The van der Waals surface area contributed by atoms with Crippen LogP contribution in [0.3, 0.4) is 0 Å². The van der Waals surface area contributed by atoms with Crippen LogP contribution < -0.4 is 5.32 Å². The maximum absolute atomic E-state index is 12.6. The molecule has 0 radical (unpaired) electrons. The van der Waals surface area contributed by atoms with Crippen LogP contribution in [0.15, 0.2) is 89.3 Å². The van der Waals surface area contributed by atoms with Crippen molar-refractivity contribution in [2.75, 3.05) is 5.32 Å². The summed E-state index contributed by atoms with van der Waals surface area (Å²) in [6.07, 6.45) is 0. The Hall–Kier alpha value is -4.30. The van der Waals surface area contributed by atoms with Crippen molar-refractivity contribution in [1.82, 2.24) is 4.98 Å². The Morgan fingerprint density at radius 3 is 2.53 bits per heavy atom. The van der Waals surface area contributed by atoms with Crippen LogP contribution in [-0.2, 0) is 0 Å². The van der Waals surface area contributed by atoms with Crippen molar-refractivity contribution < 1.29 is 14.1 Å². The molecule has 0 unspecified atom stereocenters. The summed E-state index contributed by atoms with van der Waals surface area (Å²) in [6, 6.07) is 24.6. The third kappa shape index (κ3) is 3.86. The number of furan rings is 1. The first-order chi connectivity index (χ1) is 15.6. The summed E-state index contributed by atoms with van der Waals surface area (Å²) in [5.74, 6) is 0.0845. The van der Waals surface area contributed by atoms with E-state index in [-0.39, 0.29) is 11.4 Å². The number of amides is 1. The van der Waals surface area contributed by atoms with E-state index in [0.29, 0.717) is 17.0 Å². The molecule has 0 spiro atoms. The average molecular weight is 441 g/mol. The molecule has 1 N–H and O–H groups in total. The number of hydrogen-bond acceptors (Lipinski definition) is 6. The van der Waals surface area contributed by atoms with Crippen molar-refractivity contribution in [1.29, 1.82) is 0 Å². The molecule has 0 saturated heterocycles. The Morgan fingerprint density at radius 1 is 0.938 bits per heavy atom. The molecule has 7 nitrogen and oxygen atoms in total. The van der Waals surface area contributed by atoms with Crippen molar-refractivity contribution in [3.63, 3.8) is 0 Å². The normalized spacial score (nSPS) is 10.9. The molecule has 0 saturated carbocycles. The van der Waals surface area contributed by atoms with Gasteiger partial charge in [-0.3, -0.25) is 14.9 Å². The summed E-state index contributed by atoms with van der Waals surface area (Å²) in [5, 5.41) is 14.7. The van der Waals surface area contributed by atoms with Crippen LogP contribution in [0.1, 0.15) is 10.6 Å². The molecule has 2 aromatic heterocycles. The van der Waals surface area contributed by atoms with E-state index in [1.165, 1.54) is 12.1 Å². The standard InChI is InChI=1S/C24H15N3O4S/c28-23(21-13-12-20(31-21)16-4-3-5-18(14-16)27(29)30)25-17-10-8-15(9-11-17)24-26-19-6-1-2-7-22(19)32-24/h1-14H,(H,25,28). The zero-order chi connectivity index (χ0) is 22.1. The first-order valence-electron chi connectivity index (χ1n) is 9.69. The molecule has 0 bridgehead atoms. The molecule has 0 aliphatic heterocycles. The van der Waals surface area contributed by atoms with Gasteiger partial charge in [0.1, 0.15) is 10.8 Å². The Morgan fingerprint density at radius 2 is 1.75 bits per heavy atom. The number of fused-ring (bicyclic) bond motifs is 1. The lowest BCUT2D eigenvalue weighted by Gasteiger charge is -2.04. The molecule has 3 aromatic carbocycles. The fraction of sp³-hybridized carbons (Fsp3) is 0. The number of carbonyl (C=O) groups excluding carboxylic acids is 1. The summed E-state index contributed by atoms with van der Waals surface area (Å²) in [7, 11) is 0. The predicted molar refractivity (Wildman–Crippen MR) is 124 cm³/mol. The lowest BCUT2D eigenvalue weighted by Crippen LogP contribution is -2.10. The highest BCUT2D eigenvalue weighted by Gasteiger charge is 2.15. The smallest absolute Gasteiger partial charge is 0.291 e. The van der Waals surface area contributed by atoms with E-state index < -0.39 is 10.8 Å². The Balaban J connectivity index is 1.31. The second-order valence-electron chi connectivity index (χ2n) is 6.99. The Bertz CT molecular complexity index is 1420. The Labute approximate surface area is 186 Å². The molecule has 156 valence electrons. The topological polar surface area (TPSA) is 98.3 Å². The fourth-order valence-electron chi connectivity index (χ4n) is 3.27. The van der Waals surface area contributed by atoms with Crippen molar-refractivity contribution in [3.8, 4) is 21.9 Å². The van der Waals surface area contributed by atoms with Crippen molar-refractivity contribution in [2.45, 2.75) is 0 Å². The SMILES string of the molecule is O=C(Nc1ccc(-c2nc3ccccc3s2)cc1)c1ccc(-c2cccc([N+](=O)[O-])c2)o1. The summed E-state index contributed by atoms with van der Waals surface area (Å²) in [6.45, 7) is 0. The van der Waals surface area contributed by atoms with Gasteiger partial charge in [0.2, 0.25) is 0 Å². The molecule has 8 heteroatoms. The quantitative estimate of drug-likeness (QED) is 0.252. The van der Waals surface area contributed by atoms with Crippen LogP contribution in [0.4, 0.5) is 11.4 Å². The van der Waals surface area contributed by atoms with Gasteiger partial charge in [-0.2, -0.15) is 0 Å². The molecule has 0 aliphatic rings. The molecule has 32 heavy (non-hydrogen) atoms. The van der Waals surface area contributed by atoms with Crippen molar-refractivity contribution in [2.24, 2.45) is 0 Å². The predicted octanol–water partition coefficient (Wildman–Crippen LogP) is 6.38. The number of aromatic nitrogens is 1. The first-order valence-corrected chi connectivity index (χ1v) is 10.5. The molecular formula is C24H15N3O4S. The van der Waals surface area contributed by atoms with E-state index >= 15 is 0 Å². The van der Waals surface area contributed by atoms with Gasteiger partial charge in [0.15, 0.2) is 5.76 Å². The van der Waals surface area contributed by atoms with E-state index in [1.807, 2.05) is 48.5 Å². The van der Waals surface area contributed by atoms with E-state index in [1.54, 1.807) is 35.6 Å². The molecule has 2 heterocycles. The second kappa shape index (κ2) is 8.09. The van der Waals surface area contributed by atoms with E-state index in [0.717, 1.165) is 20.8 Å². The number of thiazole rings is 1. The van der Waals surface area contributed by atoms with E-state index in [2.05, 4.69) is 10.3 Å². The maximum atomic E-state index is 12.6. The second-order valence-corrected chi connectivity index (χ2v) is 8.02. The van der Waals surface area contributed by atoms with Gasteiger partial charge in [-0.05, 0) is 48.5 Å². The van der Waals surface area contributed by atoms with Crippen LogP contribution in [0.5, 0.6) is 0 Å². The van der Waals surface area contributed by atoms with Crippen molar-refractivity contribution in [3.05, 3.63) is 101 Å². The number of nitro benzene ring substituents is 1. The van der Waals surface area contributed by atoms with Crippen LogP contribution in [0, 0.1) is 10.1 Å². The first kappa shape index (κ1) is 19.7. The third-order valence-electron chi connectivity index (χ3n) is 4.85. The molecular weight excluding hydrogens is 426 g/mol. The van der Waals surface area contributed by atoms with Crippen LogP contribution in [0.2, 0.25) is 0 Å². The summed E-state index contributed by atoms with van der Waals surface area (Å²) in [5.41, 5.74) is 3.03. The highest BCUT2D eigenvalue weighted by atomic mass is 32.1. The molecule has 5 aromatic rings. The third-order valence-corrected chi connectivity index (χ3v) is 5.94. The molecule has 0 atom stereocenters. The zero-order valence-corrected chi connectivity index (χ0v) is 17.3. The number of non-ortho nitro benzene ring substituents is 1. The highest BCUT2D eigenvalue weighted by molar-refractivity contribution is 7.21. The zero-order valence-electron chi connectivity index (χ0n) is 16.5. The number of rotatable bonds is 5. The Kier molecular flexibility index (Phi) is 4.97. The maximum Gasteiger partial charge on any atom is 0.291 e. The number of nitro groups is 1. The molecule has 0 aliphatic carbocycles. The minimum Gasteiger partial charge on any atom is -0.451 e. The largest absolute Gasteiger partial charge is 0.451 e. The number of nitrogens with one attached hydrogen (secondary N) is 1. The highest BCUT2D eigenvalue weighted by Crippen LogP contribution is 2.31. The van der Waals surface area contributed by atoms with Gasteiger partial charge in [-0.25, -0.2) is 4.98 Å². The number of benzene rings is 3.